The van der Waals surface area contributed by atoms with E-state index >= 15 is 0 Å². The van der Waals surface area contributed by atoms with Gasteiger partial charge in [-0.2, -0.15) is 0 Å². The van der Waals surface area contributed by atoms with Crippen molar-refractivity contribution in [3.63, 3.8) is 0 Å². The van der Waals surface area contributed by atoms with Crippen molar-refractivity contribution in [3.05, 3.63) is 35.1 Å². The molecule has 0 atom stereocenters. The summed E-state index contributed by atoms with van der Waals surface area (Å²) >= 11 is 3.32. The van der Waals surface area contributed by atoms with Crippen molar-refractivity contribution in [1.82, 2.24) is 5.32 Å². The lowest BCUT2D eigenvalue weighted by atomic mass is 10.0. The van der Waals surface area contributed by atoms with Crippen LogP contribution in [-0.2, 0) is 0 Å². The maximum atomic E-state index is 13.0. The Balaban J connectivity index is 2.93. The fraction of sp³-hybridized carbons (Fsp3) is 0.417. The minimum Gasteiger partial charge on any atom is -0.346 e. The molecule has 0 aliphatic heterocycles. The first-order valence-electron chi connectivity index (χ1n) is 5.00. The van der Waals surface area contributed by atoms with Gasteiger partial charge in [-0.15, -0.1) is 0 Å². The van der Waals surface area contributed by atoms with E-state index in [1.54, 1.807) is 13.0 Å². The molecule has 0 radical (unpaired) electrons. The molecule has 0 saturated carbocycles. The largest absolute Gasteiger partial charge is 0.346 e. The van der Waals surface area contributed by atoms with Gasteiger partial charge in [0.2, 0.25) is 0 Å². The first kappa shape index (κ1) is 13.2. The third-order valence-corrected chi connectivity index (χ3v) is 3.63. The second-order valence-electron chi connectivity index (χ2n) is 4.43. The summed E-state index contributed by atoms with van der Waals surface area (Å²) in [5.74, 6) is -0.645. The van der Waals surface area contributed by atoms with E-state index < -0.39 is 5.82 Å². The Hall–Kier alpha value is -0.900. The molecule has 0 aliphatic rings. The van der Waals surface area contributed by atoms with E-state index in [-0.39, 0.29) is 11.4 Å². The minimum absolute atomic E-state index is 0.249. The summed E-state index contributed by atoms with van der Waals surface area (Å²) < 4.78 is 13.0. The van der Waals surface area contributed by atoms with Crippen molar-refractivity contribution in [2.75, 3.05) is 5.33 Å². The van der Waals surface area contributed by atoms with E-state index in [1.165, 1.54) is 12.1 Å². The summed E-state index contributed by atoms with van der Waals surface area (Å²) in [4.78, 5) is 11.9. The molecule has 0 saturated heterocycles. The van der Waals surface area contributed by atoms with Crippen molar-refractivity contribution in [2.45, 2.75) is 26.3 Å². The van der Waals surface area contributed by atoms with E-state index in [1.807, 2.05) is 13.8 Å². The van der Waals surface area contributed by atoms with Gasteiger partial charge in [-0.25, -0.2) is 4.39 Å². The molecule has 0 spiro atoms. The smallest absolute Gasteiger partial charge is 0.252 e. The lowest BCUT2D eigenvalue weighted by Gasteiger charge is -2.24. The van der Waals surface area contributed by atoms with Gasteiger partial charge >= 0.3 is 0 Å². The molecule has 1 aromatic carbocycles. The highest BCUT2D eigenvalue weighted by molar-refractivity contribution is 9.09. The zero-order valence-corrected chi connectivity index (χ0v) is 11.2. The molecule has 0 unspecified atom stereocenters. The van der Waals surface area contributed by atoms with Crippen LogP contribution in [-0.4, -0.2) is 16.8 Å². The number of benzene rings is 1. The molecule has 1 amide bonds. The average Bonchev–Trinajstić information content (AvgIpc) is 2.21. The number of carbonyl (C=O) groups is 1. The quantitative estimate of drug-likeness (QED) is 0.851. The van der Waals surface area contributed by atoms with E-state index in [0.717, 1.165) is 5.56 Å². The van der Waals surface area contributed by atoms with Crippen LogP contribution in [0.3, 0.4) is 0 Å². The Bertz CT molecular complexity index is 404. The number of rotatable bonds is 3. The maximum Gasteiger partial charge on any atom is 0.252 e. The number of nitrogens with one attached hydrogen (secondary N) is 1. The van der Waals surface area contributed by atoms with Gasteiger partial charge in [-0.3, -0.25) is 4.79 Å². The normalized spacial score (nSPS) is 11.3. The highest BCUT2D eigenvalue weighted by atomic mass is 79.9. The predicted molar refractivity (Wildman–Crippen MR) is 66.5 cm³/mol. The molecular weight excluding hydrogens is 273 g/mol. The SMILES string of the molecule is Cc1ccc(F)cc1C(=O)NC(C)(C)CBr. The molecule has 0 fully saturated rings. The van der Waals surface area contributed by atoms with Gasteiger partial charge in [-0.05, 0) is 38.5 Å². The van der Waals surface area contributed by atoms with E-state index in [0.29, 0.717) is 10.9 Å². The fourth-order valence-electron chi connectivity index (χ4n) is 1.25. The summed E-state index contributed by atoms with van der Waals surface area (Å²) in [5.41, 5.74) is 0.800. The Kier molecular flexibility index (Phi) is 4.08. The second kappa shape index (κ2) is 4.95. The summed E-state index contributed by atoms with van der Waals surface area (Å²) in [5, 5.41) is 3.48. The molecule has 2 nitrogen and oxygen atoms in total. The monoisotopic (exact) mass is 287 g/mol. The van der Waals surface area contributed by atoms with Crippen LogP contribution in [0.25, 0.3) is 0 Å². The lowest BCUT2D eigenvalue weighted by Crippen LogP contribution is -2.45. The van der Waals surface area contributed by atoms with Gasteiger partial charge < -0.3 is 5.32 Å². The van der Waals surface area contributed by atoms with Crippen molar-refractivity contribution in [3.8, 4) is 0 Å². The molecule has 0 aliphatic carbocycles. The van der Waals surface area contributed by atoms with Crippen molar-refractivity contribution < 1.29 is 9.18 Å². The van der Waals surface area contributed by atoms with Gasteiger partial charge in [0.05, 0.1) is 0 Å². The second-order valence-corrected chi connectivity index (χ2v) is 4.99. The van der Waals surface area contributed by atoms with Crippen LogP contribution in [0.5, 0.6) is 0 Å². The molecule has 0 aromatic heterocycles. The standard InChI is InChI=1S/C12H15BrFNO/c1-8-4-5-9(14)6-10(8)11(16)15-12(2,3)7-13/h4-6H,7H2,1-3H3,(H,15,16). The van der Waals surface area contributed by atoms with Crippen LogP contribution in [0.15, 0.2) is 18.2 Å². The average molecular weight is 288 g/mol. The zero-order valence-electron chi connectivity index (χ0n) is 9.60. The topological polar surface area (TPSA) is 29.1 Å². The number of carbonyl (C=O) groups excluding carboxylic acids is 1. The third kappa shape index (κ3) is 3.30. The Morgan fingerprint density at radius 3 is 2.69 bits per heavy atom. The van der Waals surface area contributed by atoms with Gasteiger partial charge in [0.25, 0.3) is 5.91 Å². The number of hydrogen-bond acceptors (Lipinski definition) is 1. The summed E-state index contributed by atoms with van der Waals surface area (Å²) in [6, 6.07) is 4.21. The fourth-order valence-corrected chi connectivity index (χ4v) is 1.39. The van der Waals surface area contributed by atoms with E-state index in [4.69, 9.17) is 0 Å². The summed E-state index contributed by atoms with van der Waals surface area (Å²) in [7, 11) is 0. The number of hydrogen-bond donors (Lipinski definition) is 1. The summed E-state index contributed by atoms with van der Waals surface area (Å²) in [6.07, 6.45) is 0. The zero-order chi connectivity index (χ0) is 12.3. The lowest BCUT2D eigenvalue weighted by molar-refractivity contribution is 0.0920. The molecule has 4 heteroatoms. The first-order chi connectivity index (χ1) is 7.35. The highest BCUT2D eigenvalue weighted by Gasteiger charge is 2.20. The molecule has 1 aromatic rings. The van der Waals surface area contributed by atoms with E-state index in [2.05, 4.69) is 21.2 Å². The Morgan fingerprint density at radius 2 is 2.12 bits per heavy atom. The molecule has 1 N–H and O–H groups in total. The minimum atomic E-state index is -0.396. The number of amides is 1. The third-order valence-electron chi connectivity index (χ3n) is 2.23. The van der Waals surface area contributed by atoms with E-state index in [9.17, 15) is 9.18 Å². The predicted octanol–water partition coefficient (Wildman–Crippen LogP) is 3.04. The first-order valence-corrected chi connectivity index (χ1v) is 6.12. The maximum absolute atomic E-state index is 13.0. The van der Waals surface area contributed by atoms with Gasteiger partial charge in [-0.1, -0.05) is 22.0 Å². The van der Waals surface area contributed by atoms with Gasteiger partial charge in [0, 0.05) is 16.4 Å². The van der Waals surface area contributed by atoms with Crippen LogP contribution >= 0.6 is 15.9 Å². The molecular formula is C12H15BrFNO. The van der Waals surface area contributed by atoms with Crippen molar-refractivity contribution in [1.29, 1.82) is 0 Å². The Labute approximate surface area is 103 Å². The summed E-state index contributed by atoms with van der Waals surface area (Å²) in [6.45, 7) is 5.58. The van der Waals surface area contributed by atoms with Crippen molar-refractivity contribution in [2.24, 2.45) is 0 Å². The van der Waals surface area contributed by atoms with Crippen LogP contribution in [0.4, 0.5) is 4.39 Å². The Morgan fingerprint density at radius 1 is 1.50 bits per heavy atom. The number of alkyl halides is 1. The van der Waals surface area contributed by atoms with Gasteiger partial charge in [0.1, 0.15) is 5.82 Å². The van der Waals surface area contributed by atoms with Gasteiger partial charge in [0.15, 0.2) is 0 Å². The molecule has 88 valence electrons. The molecule has 0 bridgehead atoms. The number of aryl methyl sites for hydroxylation is 1. The highest BCUT2D eigenvalue weighted by Crippen LogP contribution is 2.13. The van der Waals surface area contributed by atoms with Crippen LogP contribution < -0.4 is 5.32 Å². The molecule has 16 heavy (non-hydrogen) atoms. The molecule has 0 heterocycles. The van der Waals surface area contributed by atoms with Crippen LogP contribution in [0.1, 0.15) is 29.8 Å². The van der Waals surface area contributed by atoms with Crippen molar-refractivity contribution >= 4 is 21.8 Å². The molecule has 1 rings (SSSR count). The van der Waals surface area contributed by atoms with Crippen LogP contribution in [0, 0.1) is 12.7 Å². The number of halogens is 2. The van der Waals surface area contributed by atoms with Crippen LogP contribution in [0.2, 0.25) is 0 Å².